The van der Waals surface area contributed by atoms with E-state index in [-0.39, 0.29) is 12.5 Å². The maximum atomic E-state index is 12.0. The summed E-state index contributed by atoms with van der Waals surface area (Å²) in [6, 6.07) is 0. The molecule has 1 aliphatic rings. The highest BCUT2D eigenvalue weighted by Crippen LogP contribution is 2.35. The average Bonchev–Trinajstić information content (AvgIpc) is 2.92. The molecule has 1 aromatic rings. The molecule has 4 N–H and O–H groups in total. The first-order valence-corrected chi connectivity index (χ1v) is 5.21. The summed E-state index contributed by atoms with van der Waals surface area (Å²) in [5.74, 6) is -0.271. The number of carbonyl (C=O) groups is 1. The first-order valence-electron chi connectivity index (χ1n) is 5.21. The Morgan fingerprint density at radius 2 is 2.31 bits per heavy atom. The Kier molecular flexibility index (Phi) is 2.38. The van der Waals surface area contributed by atoms with Crippen molar-refractivity contribution < 1.29 is 9.90 Å². The number of aromatic nitrogens is 2. The summed E-state index contributed by atoms with van der Waals surface area (Å²) in [4.78, 5) is 12.0. The smallest absolute Gasteiger partial charge is 0.272 e. The third kappa shape index (κ3) is 1.65. The largest absolute Gasteiger partial charge is 0.395 e. The quantitative estimate of drug-likeness (QED) is 0.649. The third-order valence-corrected chi connectivity index (χ3v) is 3.02. The van der Waals surface area contributed by atoms with Crippen LogP contribution in [0.3, 0.4) is 0 Å². The van der Waals surface area contributed by atoms with Crippen molar-refractivity contribution in [1.82, 2.24) is 15.1 Å². The highest BCUT2D eigenvalue weighted by atomic mass is 16.3. The van der Waals surface area contributed by atoms with E-state index in [1.165, 1.54) is 4.68 Å². The normalized spacial score (nSPS) is 17.2. The van der Waals surface area contributed by atoms with Crippen LogP contribution in [0.15, 0.2) is 0 Å². The molecule has 6 nitrogen and oxygen atoms in total. The molecule has 6 heteroatoms. The van der Waals surface area contributed by atoms with Crippen molar-refractivity contribution in [1.29, 1.82) is 0 Å². The van der Waals surface area contributed by atoms with E-state index in [0.717, 1.165) is 12.8 Å². The molecule has 0 bridgehead atoms. The number of aliphatic hydroxyl groups is 1. The molecular weight excluding hydrogens is 208 g/mol. The molecule has 0 unspecified atom stereocenters. The van der Waals surface area contributed by atoms with Crippen LogP contribution in [-0.4, -0.2) is 32.9 Å². The first kappa shape index (κ1) is 10.9. The van der Waals surface area contributed by atoms with Gasteiger partial charge in [-0.15, -0.1) is 0 Å². The second-order valence-corrected chi connectivity index (χ2v) is 4.36. The number of aliphatic hydroxyl groups excluding tert-OH is 1. The average molecular weight is 224 g/mol. The van der Waals surface area contributed by atoms with Gasteiger partial charge in [-0.2, -0.15) is 5.10 Å². The minimum atomic E-state index is -0.429. The van der Waals surface area contributed by atoms with Crippen LogP contribution in [0.5, 0.6) is 0 Å². The summed E-state index contributed by atoms with van der Waals surface area (Å²) < 4.78 is 1.47. The fourth-order valence-corrected chi connectivity index (χ4v) is 1.72. The fraction of sp³-hybridized carbons (Fsp3) is 0.600. The summed E-state index contributed by atoms with van der Waals surface area (Å²) in [5.41, 5.74) is 6.75. The van der Waals surface area contributed by atoms with Crippen molar-refractivity contribution in [3.05, 3.63) is 11.4 Å². The second-order valence-electron chi connectivity index (χ2n) is 4.36. The number of aryl methyl sites for hydroxylation is 2. The van der Waals surface area contributed by atoms with Crippen LogP contribution in [0.1, 0.15) is 29.0 Å². The number of nitrogen functional groups attached to an aromatic ring is 1. The van der Waals surface area contributed by atoms with Gasteiger partial charge in [0.1, 0.15) is 5.69 Å². The Bertz CT molecular complexity index is 434. The standard InChI is InChI=1S/C10H16N4O2/c1-6-7(11)8(14(2)13-6)9(16)12-10(5-15)3-4-10/h15H,3-5,11H2,1-2H3,(H,12,16). The maximum Gasteiger partial charge on any atom is 0.272 e. The minimum absolute atomic E-state index is 0.0323. The SMILES string of the molecule is Cc1nn(C)c(C(=O)NC2(CO)CC2)c1N. The van der Waals surface area contributed by atoms with Crippen LogP contribution in [0, 0.1) is 6.92 Å². The Morgan fingerprint density at radius 3 is 2.69 bits per heavy atom. The fourth-order valence-electron chi connectivity index (χ4n) is 1.72. The summed E-state index contributed by atoms with van der Waals surface area (Å²) in [6.07, 6.45) is 1.62. The maximum absolute atomic E-state index is 12.0. The molecule has 0 aliphatic heterocycles. The first-order chi connectivity index (χ1) is 7.49. The van der Waals surface area contributed by atoms with Crippen LogP contribution >= 0.6 is 0 Å². The van der Waals surface area contributed by atoms with Crippen LogP contribution < -0.4 is 11.1 Å². The van der Waals surface area contributed by atoms with Crippen LogP contribution in [0.4, 0.5) is 5.69 Å². The van der Waals surface area contributed by atoms with Crippen molar-refractivity contribution in [2.45, 2.75) is 25.3 Å². The number of carbonyl (C=O) groups excluding carboxylic acids is 1. The topological polar surface area (TPSA) is 93.2 Å². The predicted octanol–water partition coefficient (Wildman–Crippen LogP) is -0.435. The Labute approximate surface area is 93.4 Å². The molecule has 1 aliphatic carbocycles. The van der Waals surface area contributed by atoms with Gasteiger partial charge >= 0.3 is 0 Å². The van der Waals surface area contributed by atoms with Gasteiger partial charge in [-0.25, -0.2) is 0 Å². The van der Waals surface area contributed by atoms with Gasteiger partial charge in [0.05, 0.1) is 23.5 Å². The van der Waals surface area contributed by atoms with E-state index >= 15 is 0 Å². The number of anilines is 1. The van der Waals surface area contributed by atoms with Gasteiger partial charge in [-0.3, -0.25) is 9.48 Å². The van der Waals surface area contributed by atoms with E-state index in [0.29, 0.717) is 17.1 Å². The molecular formula is C10H16N4O2. The molecule has 0 saturated heterocycles. The zero-order chi connectivity index (χ0) is 11.9. The summed E-state index contributed by atoms with van der Waals surface area (Å²) in [7, 11) is 1.68. The van der Waals surface area contributed by atoms with Gasteiger partial charge in [-0.1, -0.05) is 0 Å². The van der Waals surface area contributed by atoms with Crippen LogP contribution in [-0.2, 0) is 7.05 Å². The molecule has 16 heavy (non-hydrogen) atoms. The summed E-state index contributed by atoms with van der Waals surface area (Å²) in [6.45, 7) is 1.72. The molecule has 1 saturated carbocycles. The lowest BCUT2D eigenvalue weighted by atomic mass is 10.2. The van der Waals surface area contributed by atoms with E-state index in [2.05, 4.69) is 10.4 Å². The van der Waals surface area contributed by atoms with Crippen molar-refractivity contribution in [3.63, 3.8) is 0 Å². The number of nitrogens with two attached hydrogens (primary N) is 1. The zero-order valence-electron chi connectivity index (χ0n) is 9.45. The van der Waals surface area contributed by atoms with Gasteiger partial charge in [-0.05, 0) is 19.8 Å². The monoisotopic (exact) mass is 224 g/mol. The molecule has 1 heterocycles. The lowest BCUT2D eigenvalue weighted by molar-refractivity contribution is 0.0898. The van der Waals surface area contributed by atoms with E-state index in [9.17, 15) is 4.79 Å². The number of nitrogens with one attached hydrogen (secondary N) is 1. The van der Waals surface area contributed by atoms with Gasteiger partial charge in [0.25, 0.3) is 5.91 Å². The van der Waals surface area contributed by atoms with E-state index in [1.54, 1.807) is 14.0 Å². The highest BCUT2D eigenvalue weighted by Gasteiger charge is 2.44. The third-order valence-electron chi connectivity index (χ3n) is 3.02. The Balaban J connectivity index is 2.21. The van der Waals surface area contributed by atoms with Gasteiger partial charge in [0.15, 0.2) is 0 Å². The van der Waals surface area contributed by atoms with Crippen molar-refractivity contribution >= 4 is 11.6 Å². The number of rotatable bonds is 3. The highest BCUT2D eigenvalue weighted by molar-refractivity contribution is 5.98. The molecule has 88 valence electrons. The number of hydrogen-bond donors (Lipinski definition) is 3. The van der Waals surface area contributed by atoms with Gasteiger partial charge in [0, 0.05) is 7.05 Å². The molecule has 0 spiro atoms. The number of amides is 1. The molecule has 1 fully saturated rings. The molecule has 1 amide bonds. The number of nitrogens with zero attached hydrogens (tertiary/aromatic N) is 2. The van der Waals surface area contributed by atoms with E-state index in [4.69, 9.17) is 10.8 Å². The molecule has 1 aromatic heterocycles. The van der Waals surface area contributed by atoms with E-state index < -0.39 is 5.54 Å². The van der Waals surface area contributed by atoms with Gasteiger partial charge in [0.2, 0.25) is 0 Å². The minimum Gasteiger partial charge on any atom is -0.395 e. The summed E-state index contributed by atoms with van der Waals surface area (Å²) >= 11 is 0. The van der Waals surface area contributed by atoms with Crippen LogP contribution in [0.25, 0.3) is 0 Å². The van der Waals surface area contributed by atoms with Crippen molar-refractivity contribution in [2.24, 2.45) is 7.05 Å². The molecule has 0 aromatic carbocycles. The zero-order valence-corrected chi connectivity index (χ0v) is 9.45. The Hall–Kier alpha value is -1.56. The number of hydrogen-bond acceptors (Lipinski definition) is 4. The summed E-state index contributed by atoms with van der Waals surface area (Å²) in [5, 5.41) is 16.0. The van der Waals surface area contributed by atoms with Crippen molar-refractivity contribution in [2.75, 3.05) is 12.3 Å². The lowest BCUT2D eigenvalue weighted by Gasteiger charge is -2.14. The lowest BCUT2D eigenvalue weighted by Crippen LogP contribution is -2.40. The molecule has 0 radical (unpaired) electrons. The Morgan fingerprint density at radius 1 is 1.69 bits per heavy atom. The van der Waals surface area contributed by atoms with E-state index in [1.807, 2.05) is 0 Å². The predicted molar refractivity (Wildman–Crippen MR) is 58.9 cm³/mol. The molecule has 0 atom stereocenters. The van der Waals surface area contributed by atoms with Gasteiger partial charge < -0.3 is 16.2 Å². The van der Waals surface area contributed by atoms with Crippen LogP contribution in [0.2, 0.25) is 0 Å². The van der Waals surface area contributed by atoms with Crippen molar-refractivity contribution in [3.8, 4) is 0 Å². The molecule has 2 rings (SSSR count). The second kappa shape index (κ2) is 3.48.